The summed E-state index contributed by atoms with van der Waals surface area (Å²) in [5, 5.41) is 4.08. The Hall–Kier alpha value is -2.21. The summed E-state index contributed by atoms with van der Waals surface area (Å²) in [5.41, 5.74) is 7.69. The molecule has 6 nitrogen and oxygen atoms in total. The minimum atomic E-state index is -0.416. The first-order valence-corrected chi connectivity index (χ1v) is 6.81. The van der Waals surface area contributed by atoms with Crippen LogP contribution in [0.1, 0.15) is 31.5 Å². The van der Waals surface area contributed by atoms with Gasteiger partial charge in [0, 0.05) is 18.6 Å². The van der Waals surface area contributed by atoms with E-state index in [-0.39, 0.29) is 0 Å². The molecule has 0 unspecified atom stereocenters. The number of aromatic nitrogens is 4. The van der Waals surface area contributed by atoms with E-state index in [9.17, 15) is 0 Å². The molecule has 3 heterocycles. The highest BCUT2D eigenvalue weighted by Crippen LogP contribution is 2.35. The fourth-order valence-corrected chi connectivity index (χ4v) is 2.82. The molecule has 6 heteroatoms. The maximum absolute atomic E-state index is 6.35. The molecule has 0 radical (unpaired) electrons. The molecule has 0 saturated heterocycles. The molecule has 102 valence electrons. The Balaban J connectivity index is 1.73. The number of nitrogens with zero attached hydrogens (tertiary/aromatic N) is 4. The van der Waals surface area contributed by atoms with Crippen molar-refractivity contribution in [1.82, 2.24) is 19.5 Å². The first-order chi connectivity index (χ1) is 9.74. The molecule has 1 fully saturated rings. The van der Waals surface area contributed by atoms with Gasteiger partial charge in [0.25, 0.3) is 5.89 Å². The standard InChI is InChI=1S/C14H15N5O/c15-14(5-1-2-6-14)13-17-12(20-18-13)10-3-4-11-16-7-8-19(11)9-10/h3-4,7-9H,1-2,5-6,15H2. The maximum atomic E-state index is 6.35. The Morgan fingerprint density at radius 3 is 2.95 bits per heavy atom. The van der Waals surface area contributed by atoms with Crippen LogP contribution in [-0.2, 0) is 5.54 Å². The third-order valence-corrected chi connectivity index (χ3v) is 4.00. The van der Waals surface area contributed by atoms with Crippen LogP contribution < -0.4 is 5.73 Å². The number of hydrogen-bond acceptors (Lipinski definition) is 5. The van der Waals surface area contributed by atoms with E-state index in [0.717, 1.165) is 36.9 Å². The Morgan fingerprint density at radius 2 is 2.10 bits per heavy atom. The van der Waals surface area contributed by atoms with Gasteiger partial charge in [-0.2, -0.15) is 4.98 Å². The normalized spacial score (nSPS) is 17.9. The average molecular weight is 269 g/mol. The topological polar surface area (TPSA) is 82.2 Å². The van der Waals surface area contributed by atoms with Gasteiger partial charge in [0.05, 0.1) is 11.1 Å². The SMILES string of the molecule is NC1(c2noc(-c3ccc4nccn4c3)n2)CCCC1. The summed E-state index contributed by atoms with van der Waals surface area (Å²) in [6.07, 6.45) is 9.67. The molecule has 0 aromatic carbocycles. The van der Waals surface area contributed by atoms with Crippen LogP contribution in [0.25, 0.3) is 17.1 Å². The summed E-state index contributed by atoms with van der Waals surface area (Å²) >= 11 is 0. The van der Waals surface area contributed by atoms with Gasteiger partial charge in [0.1, 0.15) is 5.65 Å². The fourth-order valence-electron chi connectivity index (χ4n) is 2.82. The number of nitrogens with two attached hydrogens (primary N) is 1. The van der Waals surface area contributed by atoms with E-state index in [1.807, 2.05) is 28.9 Å². The lowest BCUT2D eigenvalue weighted by molar-refractivity contribution is 0.372. The van der Waals surface area contributed by atoms with Crippen LogP contribution in [0.15, 0.2) is 35.2 Å². The minimum Gasteiger partial charge on any atom is -0.334 e. The zero-order chi connectivity index (χ0) is 13.6. The molecule has 0 spiro atoms. The van der Waals surface area contributed by atoms with Crippen molar-refractivity contribution in [2.24, 2.45) is 5.73 Å². The summed E-state index contributed by atoms with van der Waals surface area (Å²) in [6, 6.07) is 3.85. The Bertz CT molecular complexity index is 754. The first-order valence-electron chi connectivity index (χ1n) is 6.81. The van der Waals surface area contributed by atoms with Crippen molar-refractivity contribution in [1.29, 1.82) is 0 Å². The zero-order valence-corrected chi connectivity index (χ0v) is 11.0. The van der Waals surface area contributed by atoms with Gasteiger partial charge in [-0.3, -0.25) is 0 Å². The highest BCUT2D eigenvalue weighted by molar-refractivity contribution is 5.55. The van der Waals surface area contributed by atoms with E-state index in [4.69, 9.17) is 10.3 Å². The molecular weight excluding hydrogens is 254 g/mol. The molecule has 3 aromatic heterocycles. The minimum absolute atomic E-state index is 0.416. The summed E-state index contributed by atoms with van der Waals surface area (Å²) in [4.78, 5) is 8.70. The van der Waals surface area contributed by atoms with Crippen molar-refractivity contribution in [3.63, 3.8) is 0 Å². The molecule has 2 N–H and O–H groups in total. The predicted octanol–water partition coefficient (Wildman–Crippen LogP) is 2.11. The third kappa shape index (κ3) is 1.72. The monoisotopic (exact) mass is 269 g/mol. The van der Waals surface area contributed by atoms with E-state index >= 15 is 0 Å². The van der Waals surface area contributed by atoms with Crippen LogP contribution >= 0.6 is 0 Å². The molecule has 1 saturated carbocycles. The molecule has 0 bridgehead atoms. The van der Waals surface area contributed by atoms with Gasteiger partial charge >= 0.3 is 0 Å². The van der Waals surface area contributed by atoms with Crippen LogP contribution in [0, 0.1) is 0 Å². The molecule has 0 amide bonds. The largest absolute Gasteiger partial charge is 0.334 e. The van der Waals surface area contributed by atoms with Gasteiger partial charge in [0.15, 0.2) is 5.82 Å². The second-order valence-corrected chi connectivity index (χ2v) is 5.40. The van der Waals surface area contributed by atoms with E-state index in [1.54, 1.807) is 6.20 Å². The highest BCUT2D eigenvalue weighted by atomic mass is 16.5. The van der Waals surface area contributed by atoms with Crippen molar-refractivity contribution in [3.8, 4) is 11.5 Å². The van der Waals surface area contributed by atoms with E-state index < -0.39 is 5.54 Å². The van der Waals surface area contributed by atoms with Crippen molar-refractivity contribution in [2.45, 2.75) is 31.2 Å². The van der Waals surface area contributed by atoms with Crippen molar-refractivity contribution < 1.29 is 4.52 Å². The second-order valence-electron chi connectivity index (χ2n) is 5.40. The number of fused-ring (bicyclic) bond motifs is 1. The Morgan fingerprint density at radius 1 is 1.25 bits per heavy atom. The van der Waals surface area contributed by atoms with Crippen LogP contribution in [0.3, 0.4) is 0 Å². The number of rotatable bonds is 2. The highest BCUT2D eigenvalue weighted by Gasteiger charge is 2.36. The van der Waals surface area contributed by atoms with Crippen LogP contribution in [0.4, 0.5) is 0 Å². The lowest BCUT2D eigenvalue weighted by Crippen LogP contribution is -2.34. The van der Waals surface area contributed by atoms with Crippen LogP contribution in [-0.4, -0.2) is 19.5 Å². The lowest BCUT2D eigenvalue weighted by Gasteiger charge is -2.17. The maximum Gasteiger partial charge on any atom is 0.259 e. The predicted molar refractivity (Wildman–Crippen MR) is 72.8 cm³/mol. The number of pyridine rings is 1. The molecule has 0 atom stereocenters. The average Bonchev–Trinajstić information content (AvgIpc) is 3.18. The second kappa shape index (κ2) is 4.14. The van der Waals surface area contributed by atoms with Gasteiger partial charge in [-0.25, -0.2) is 4.98 Å². The van der Waals surface area contributed by atoms with Crippen LogP contribution in [0.5, 0.6) is 0 Å². The summed E-state index contributed by atoms with van der Waals surface area (Å²) < 4.78 is 7.30. The molecule has 0 aliphatic heterocycles. The Kier molecular flexibility index (Phi) is 2.40. The summed E-state index contributed by atoms with van der Waals surface area (Å²) in [6.45, 7) is 0. The number of imidazole rings is 1. The Labute approximate surface area is 115 Å². The molecule has 1 aliphatic rings. The molecule has 20 heavy (non-hydrogen) atoms. The quantitative estimate of drug-likeness (QED) is 0.770. The first kappa shape index (κ1) is 11.6. The zero-order valence-electron chi connectivity index (χ0n) is 11.0. The van der Waals surface area contributed by atoms with E-state index in [1.165, 1.54) is 0 Å². The summed E-state index contributed by atoms with van der Waals surface area (Å²) in [7, 11) is 0. The lowest BCUT2D eigenvalue weighted by atomic mass is 9.99. The van der Waals surface area contributed by atoms with Gasteiger partial charge in [0.2, 0.25) is 0 Å². The van der Waals surface area contributed by atoms with Crippen molar-refractivity contribution in [2.75, 3.05) is 0 Å². The fraction of sp³-hybridized carbons (Fsp3) is 0.357. The van der Waals surface area contributed by atoms with E-state index in [2.05, 4.69) is 15.1 Å². The number of hydrogen-bond donors (Lipinski definition) is 1. The third-order valence-electron chi connectivity index (χ3n) is 4.00. The smallest absolute Gasteiger partial charge is 0.259 e. The molecule has 1 aliphatic carbocycles. The van der Waals surface area contributed by atoms with Gasteiger partial charge in [-0.05, 0) is 25.0 Å². The van der Waals surface area contributed by atoms with Crippen molar-refractivity contribution in [3.05, 3.63) is 36.5 Å². The summed E-state index contributed by atoms with van der Waals surface area (Å²) in [5.74, 6) is 1.13. The van der Waals surface area contributed by atoms with Gasteiger partial charge in [-0.1, -0.05) is 18.0 Å². The molecule has 4 rings (SSSR count). The van der Waals surface area contributed by atoms with Gasteiger partial charge < -0.3 is 14.7 Å². The van der Waals surface area contributed by atoms with Gasteiger partial charge in [-0.15, -0.1) is 0 Å². The van der Waals surface area contributed by atoms with E-state index in [0.29, 0.717) is 11.7 Å². The molecular formula is C14H15N5O. The molecule has 3 aromatic rings. The van der Waals surface area contributed by atoms with Crippen molar-refractivity contribution >= 4 is 5.65 Å². The van der Waals surface area contributed by atoms with Crippen LogP contribution in [0.2, 0.25) is 0 Å².